The van der Waals surface area contributed by atoms with Gasteiger partial charge in [-0.3, -0.25) is 9.69 Å². The second-order valence-electron chi connectivity index (χ2n) is 5.34. The fraction of sp³-hybridized carbons (Fsp3) is 0.533. The highest BCUT2D eigenvalue weighted by atomic mass is 16.5. The number of benzene rings is 1. The Morgan fingerprint density at radius 2 is 2.05 bits per heavy atom. The van der Waals surface area contributed by atoms with Crippen molar-refractivity contribution in [2.24, 2.45) is 5.92 Å². The number of aliphatic carboxylic acids is 1. The molecular formula is C15H21NO3. The molecule has 0 amide bonds. The van der Waals surface area contributed by atoms with E-state index >= 15 is 0 Å². The number of ether oxygens (including phenoxy) is 1. The second kappa shape index (κ2) is 5.61. The zero-order valence-electron chi connectivity index (χ0n) is 11.7. The predicted molar refractivity (Wildman–Crippen MR) is 73.6 cm³/mol. The SMILES string of the molecule is COc1ccccc1[C@@H]1CN(C(C)C)C[C@H]1C(=O)O. The van der Waals surface area contributed by atoms with E-state index in [1.54, 1.807) is 7.11 Å². The van der Waals surface area contributed by atoms with E-state index in [4.69, 9.17) is 4.74 Å². The van der Waals surface area contributed by atoms with Gasteiger partial charge in [0.15, 0.2) is 0 Å². The van der Waals surface area contributed by atoms with Gasteiger partial charge in [-0.05, 0) is 25.5 Å². The first-order valence-corrected chi connectivity index (χ1v) is 6.64. The van der Waals surface area contributed by atoms with Crippen molar-refractivity contribution in [1.29, 1.82) is 0 Å². The van der Waals surface area contributed by atoms with Crippen LogP contribution >= 0.6 is 0 Å². The monoisotopic (exact) mass is 263 g/mol. The molecule has 1 aromatic carbocycles. The van der Waals surface area contributed by atoms with E-state index in [2.05, 4.69) is 18.7 Å². The van der Waals surface area contributed by atoms with Crippen LogP contribution in [0.4, 0.5) is 0 Å². The highest BCUT2D eigenvalue weighted by Crippen LogP contribution is 2.38. The van der Waals surface area contributed by atoms with Crippen LogP contribution in [0.1, 0.15) is 25.3 Å². The second-order valence-corrected chi connectivity index (χ2v) is 5.34. The first kappa shape index (κ1) is 13.9. The molecule has 0 bridgehead atoms. The number of carbonyl (C=O) groups is 1. The molecule has 0 aliphatic carbocycles. The summed E-state index contributed by atoms with van der Waals surface area (Å²) >= 11 is 0. The number of carboxylic acid groups (broad SMARTS) is 1. The standard InChI is InChI=1S/C15H21NO3/c1-10(2)16-8-12(13(9-16)15(17)18)11-6-4-5-7-14(11)19-3/h4-7,10,12-13H,8-9H2,1-3H3,(H,17,18)/t12-,13+/m0/s1. The molecule has 1 aromatic rings. The Labute approximate surface area is 114 Å². The molecule has 2 rings (SSSR count). The zero-order chi connectivity index (χ0) is 14.0. The average Bonchev–Trinajstić information content (AvgIpc) is 2.83. The van der Waals surface area contributed by atoms with Gasteiger partial charge in [0.1, 0.15) is 5.75 Å². The highest BCUT2D eigenvalue weighted by molar-refractivity contribution is 5.72. The largest absolute Gasteiger partial charge is 0.496 e. The summed E-state index contributed by atoms with van der Waals surface area (Å²) in [6.07, 6.45) is 0. The first-order valence-electron chi connectivity index (χ1n) is 6.64. The maximum atomic E-state index is 11.5. The van der Waals surface area contributed by atoms with Crippen LogP contribution in [0.25, 0.3) is 0 Å². The Morgan fingerprint density at radius 3 is 2.63 bits per heavy atom. The van der Waals surface area contributed by atoms with Gasteiger partial charge in [0.25, 0.3) is 0 Å². The summed E-state index contributed by atoms with van der Waals surface area (Å²) in [6, 6.07) is 8.08. The molecule has 0 saturated carbocycles. The number of carboxylic acids is 1. The molecular weight excluding hydrogens is 242 g/mol. The molecule has 4 nitrogen and oxygen atoms in total. The summed E-state index contributed by atoms with van der Waals surface area (Å²) in [5.41, 5.74) is 1.00. The highest BCUT2D eigenvalue weighted by Gasteiger charge is 2.40. The molecule has 0 aromatic heterocycles. The molecule has 104 valence electrons. The molecule has 0 spiro atoms. The van der Waals surface area contributed by atoms with Crippen molar-refractivity contribution in [2.45, 2.75) is 25.8 Å². The lowest BCUT2D eigenvalue weighted by atomic mass is 9.88. The van der Waals surface area contributed by atoms with Gasteiger partial charge in [0, 0.05) is 25.0 Å². The fourth-order valence-corrected chi connectivity index (χ4v) is 2.79. The van der Waals surface area contributed by atoms with Crippen molar-refractivity contribution in [3.63, 3.8) is 0 Å². The molecule has 1 saturated heterocycles. The maximum Gasteiger partial charge on any atom is 0.308 e. The Morgan fingerprint density at radius 1 is 1.37 bits per heavy atom. The minimum absolute atomic E-state index is 0.00366. The summed E-state index contributed by atoms with van der Waals surface area (Å²) in [7, 11) is 1.63. The van der Waals surface area contributed by atoms with Gasteiger partial charge in [0.05, 0.1) is 13.0 Å². The van der Waals surface area contributed by atoms with Gasteiger partial charge in [-0.2, -0.15) is 0 Å². The Bertz CT molecular complexity index is 458. The van der Waals surface area contributed by atoms with Crippen LogP contribution in [0.5, 0.6) is 5.75 Å². The van der Waals surface area contributed by atoms with Crippen molar-refractivity contribution in [1.82, 2.24) is 4.90 Å². The molecule has 19 heavy (non-hydrogen) atoms. The number of methoxy groups -OCH3 is 1. The number of hydrogen-bond acceptors (Lipinski definition) is 3. The number of nitrogens with zero attached hydrogens (tertiary/aromatic N) is 1. The van der Waals surface area contributed by atoms with Gasteiger partial charge >= 0.3 is 5.97 Å². The van der Waals surface area contributed by atoms with Crippen LogP contribution in [-0.2, 0) is 4.79 Å². The molecule has 0 radical (unpaired) electrons. The van der Waals surface area contributed by atoms with E-state index in [9.17, 15) is 9.90 Å². The van der Waals surface area contributed by atoms with Crippen LogP contribution in [0, 0.1) is 5.92 Å². The minimum atomic E-state index is -0.723. The summed E-state index contributed by atoms with van der Waals surface area (Å²) in [5, 5.41) is 9.44. The van der Waals surface area contributed by atoms with E-state index in [1.807, 2.05) is 24.3 Å². The van der Waals surface area contributed by atoms with E-state index in [0.29, 0.717) is 12.6 Å². The van der Waals surface area contributed by atoms with Crippen LogP contribution in [-0.4, -0.2) is 42.2 Å². The van der Waals surface area contributed by atoms with Gasteiger partial charge in [-0.1, -0.05) is 18.2 Å². The van der Waals surface area contributed by atoms with E-state index in [-0.39, 0.29) is 11.8 Å². The molecule has 1 heterocycles. The third kappa shape index (κ3) is 2.73. The molecule has 1 fully saturated rings. The molecule has 0 unspecified atom stereocenters. The molecule has 1 aliphatic rings. The van der Waals surface area contributed by atoms with Crippen molar-refractivity contribution in [3.8, 4) is 5.75 Å². The van der Waals surface area contributed by atoms with Crippen LogP contribution < -0.4 is 4.74 Å². The Balaban J connectivity index is 2.33. The van der Waals surface area contributed by atoms with E-state index < -0.39 is 5.97 Å². The Hall–Kier alpha value is -1.55. The van der Waals surface area contributed by atoms with Gasteiger partial charge < -0.3 is 9.84 Å². The minimum Gasteiger partial charge on any atom is -0.496 e. The van der Waals surface area contributed by atoms with Crippen molar-refractivity contribution < 1.29 is 14.6 Å². The smallest absolute Gasteiger partial charge is 0.308 e. The van der Waals surface area contributed by atoms with Crippen molar-refractivity contribution in [2.75, 3.05) is 20.2 Å². The predicted octanol–water partition coefficient (Wildman–Crippen LogP) is 2.20. The van der Waals surface area contributed by atoms with Crippen molar-refractivity contribution in [3.05, 3.63) is 29.8 Å². The topological polar surface area (TPSA) is 49.8 Å². The number of para-hydroxylation sites is 1. The Kier molecular flexibility index (Phi) is 4.10. The quantitative estimate of drug-likeness (QED) is 0.904. The third-order valence-corrected chi connectivity index (χ3v) is 3.93. The third-order valence-electron chi connectivity index (χ3n) is 3.93. The van der Waals surface area contributed by atoms with Gasteiger partial charge in [-0.15, -0.1) is 0 Å². The summed E-state index contributed by atoms with van der Waals surface area (Å²) in [4.78, 5) is 13.7. The summed E-state index contributed by atoms with van der Waals surface area (Å²) in [5.74, 6) is -0.307. The zero-order valence-corrected chi connectivity index (χ0v) is 11.7. The summed E-state index contributed by atoms with van der Waals surface area (Å²) < 4.78 is 5.37. The molecule has 2 atom stereocenters. The fourth-order valence-electron chi connectivity index (χ4n) is 2.79. The number of hydrogen-bond donors (Lipinski definition) is 1. The lowest BCUT2D eigenvalue weighted by molar-refractivity contribution is -0.141. The lowest BCUT2D eigenvalue weighted by Crippen LogP contribution is -2.29. The van der Waals surface area contributed by atoms with Crippen LogP contribution in [0.15, 0.2) is 24.3 Å². The maximum absolute atomic E-state index is 11.5. The molecule has 4 heteroatoms. The van der Waals surface area contributed by atoms with Gasteiger partial charge in [0.2, 0.25) is 0 Å². The van der Waals surface area contributed by atoms with Crippen LogP contribution in [0.3, 0.4) is 0 Å². The summed E-state index contributed by atoms with van der Waals surface area (Å²) in [6.45, 7) is 5.58. The number of rotatable bonds is 4. The first-order chi connectivity index (χ1) is 9.04. The van der Waals surface area contributed by atoms with E-state index in [1.165, 1.54) is 0 Å². The van der Waals surface area contributed by atoms with Crippen LogP contribution in [0.2, 0.25) is 0 Å². The number of likely N-dealkylation sites (tertiary alicyclic amines) is 1. The van der Waals surface area contributed by atoms with E-state index in [0.717, 1.165) is 17.9 Å². The average molecular weight is 263 g/mol. The normalized spacial score (nSPS) is 23.8. The molecule has 1 N–H and O–H groups in total. The van der Waals surface area contributed by atoms with Crippen molar-refractivity contribution >= 4 is 5.97 Å². The molecule has 1 aliphatic heterocycles. The lowest BCUT2D eigenvalue weighted by Gasteiger charge is -2.20. The van der Waals surface area contributed by atoms with Gasteiger partial charge in [-0.25, -0.2) is 0 Å².